The molecule has 4 aromatic rings. The Morgan fingerprint density at radius 1 is 0.714 bits per heavy atom. The van der Waals surface area contributed by atoms with E-state index in [1.54, 1.807) is 0 Å². The maximum atomic E-state index is 6.80. The quantitative estimate of drug-likeness (QED) is 0.192. The topological polar surface area (TPSA) is 25.4 Å². The van der Waals surface area contributed by atoms with Crippen molar-refractivity contribution < 1.29 is 4.74 Å². The summed E-state index contributed by atoms with van der Waals surface area (Å²) in [6.07, 6.45) is 3.04. The zero-order valence-corrected chi connectivity index (χ0v) is 26.9. The molecule has 0 fully saturated rings. The molecular weight excluding hydrogens is 511 g/mol. The molecule has 0 amide bonds. The second-order valence-electron chi connectivity index (χ2n) is 16.1. The van der Waals surface area contributed by atoms with Crippen molar-refractivity contribution in [3.63, 3.8) is 0 Å². The Morgan fingerprint density at radius 2 is 1.33 bits per heavy atom. The van der Waals surface area contributed by atoms with Gasteiger partial charge in [-0.05, 0) is 91.6 Å². The molecule has 0 N–H and O–H groups in total. The molecule has 0 radical (unpaired) electrons. The summed E-state index contributed by atoms with van der Waals surface area (Å²) >= 11 is 0. The average molecular weight is 555 g/mol. The van der Waals surface area contributed by atoms with E-state index in [0.29, 0.717) is 0 Å². The summed E-state index contributed by atoms with van der Waals surface area (Å²) in [7, 11) is 0. The molecule has 7 rings (SSSR count). The highest BCUT2D eigenvalue weighted by Gasteiger charge is 2.47. The van der Waals surface area contributed by atoms with Crippen molar-refractivity contribution in [1.29, 1.82) is 0 Å². The van der Waals surface area contributed by atoms with Crippen molar-refractivity contribution in [2.75, 3.05) is 4.90 Å². The van der Waals surface area contributed by atoms with E-state index in [0.717, 1.165) is 29.4 Å². The van der Waals surface area contributed by atoms with Gasteiger partial charge in [0.15, 0.2) is 0 Å². The van der Waals surface area contributed by atoms with E-state index in [4.69, 9.17) is 9.72 Å². The Morgan fingerprint density at radius 3 is 1.98 bits per heavy atom. The standard InChI is InChI=1S/C38H43BN2O/c1-35(2,3)23-11-14-25(15-12-23)41-30-16-13-24(36(4,5)6)19-28(30)39-29-20-26-27(38(9,10)22-37(26,7)8)21-32(29)42-31-17-18-40-34(41)33(31)39/h11-21H,22H2,1-10H3. The maximum absolute atomic E-state index is 6.80. The van der Waals surface area contributed by atoms with Crippen molar-refractivity contribution in [3.05, 3.63) is 89.1 Å². The molecule has 2 aliphatic heterocycles. The predicted octanol–water partition coefficient (Wildman–Crippen LogP) is 8.04. The largest absolute Gasteiger partial charge is 0.458 e. The number of benzene rings is 3. The number of ether oxygens (including phenoxy) is 1. The average Bonchev–Trinajstić information content (AvgIpc) is 3.08. The summed E-state index contributed by atoms with van der Waals surface area (Å²) in [6.45, 7) is 23.3. The fraction of sp³-hybridized carbons (Fsp3) is 0.395. The van der Waals surface area contributed by atoms with Gasteiger partial charge in [0.05, 0.1) is 0 Å². The minimum atomic E-state index is 0.0320. The Hall–Kier alpha value is -3.53. The van der Waals surface area contributed by atoms with Gasteiger partial charge in [0.25, 0.3) is 6.71 Å². The fourth-order valence-corrected chi connectivity index (χ4v) is 7.85. The van der Waals surface area contributed by atoms with Gasteiger partial charge >= 0.3 is 0 Å². The van der Waals surface area contributed by atoms with Gasteiger partial charge in [0, 0.05) is 23.0 Å². The second-order valence-corrected chi connectivity index (χ2v) is 16.1. The highest BCUT2D eigenvalue weighted by Crippen LogP contribution is 2.51. The number of aromatic nitrogens is 1. The zero-order valence-electron chi connectivity index (χ0n) is 26.9. The van der Waals surface area contributed by atoms with Gasteiger partial charge < -0.3 is 4.74 Å². The lowest BCUT2D eigenvalue weighted by Gasteiger charge is -2.40. The van der Waals surface area contributed by atoms with Gasteiger partial charge in [0.1, 0.15) is 17.3 Å². The van der Waals surface area contributed by atoms with Crippen molar-refractivity contribution in [2.24, 2.45) is 0 Å². The van der Waals surface area contributed by atoms with Gasteiger partial charge in [-0.15, -0.1) is 0 Å². The summed E-state index contributed by atoms with van der Waals surface area (Å²) in [5, 5.41) is 0. The molecule has 0 saturated carbocycles. The van der Waals surface area contributed by atoms with E-state index in [1.165, 1.54) is 44.3 Å². The van der Waals surface area contributed by atoms with Crippen LogP contribution in [0.1, 0.15) is 97.9 Å². The van der Waals surface area contributed by atoms with Crippen LogP contribution in [-0.4, -0.2) is 11.7 Å². The molecule has 0 unspecified atom stereocenters. The first-order valence-electron chi connectivity index (χ1n) is 15.5. The zero-order chi connectivity index (χ0) is 30.0. The van der Waals surface area contributed by atoms with E-state index < -0.39 is 0 Å². The van der Waals surface area contributed by atoms with Crippen LogP contribution in [0.5, 0.6) is 11.5 Å². The molecule has 42 heavy (non-hydrogen) atoms. The molecule has 3 nitrogen and oxygen atoms in total. The van der Waals surface area contributed by atoms with Crippen LogP contribution >= 0.6 is 0 Å². The van der Waals surface area contributed by atoms with Crippen LogP contribution in [-0.2, 0) is 21.7 Å². The summed E-state index contributed by atoms with van der Waals surface area (Å²) in [5.74, 6) is 2.86. The maximum Gasteiger partial charge on any atom is 0.258 e. The van der Waals surface area contributed by atoms with Crippen LogP contribution in [0.25, 0.3) is 0 Å². The first-order chi connectivity index (χ1) is 19.6. The van der Waals surface area contributed by atoms with Crippen molar-refractivity contribution >= 4 is 40.3 Å². The van der Waals surface area contributed by atoms with E-state index >= 15 is 0 Å². The Labute approximate surface area is 252 Å². The van der Waals surface area contributed by atoms with E-state index in [-0.39, 0.29) is 28.4 Å². The number of pyridine rings is 1. The molecular formula is C38H43BN2O. The van der Waals surface area contributed by atoms with Gasteiger partial charge in [-0.3, -0.25) is 4.90 Å². The van der Waals surface area contributed by atoms with Crippen LogP contribution in [0.3, 0.4) is 0 Å². The molecule has 0 saturated heterocycles. The molecule has 0 bridgehead atoms. The number of fused-ring (bicyclic) bond motifs is 5. The first-order valence-corrected chi connectivity index (χ1v) is 15.5. The molecule has 1 aliphatic carbocycles. The Bertz CT molecular complexity index is 1750. The van der Waals surface area contributed by atoms with Crippen molar-refractivity contribution in [3.8, 4) is 11.5 Å². The van der Waals surface area contributed by atoms with Crippen LogP contribution in [0.15, 0.2) is 66.9 Å². The number of rotatable bonds is 1. The normalized spacial score (nSPS) is 17.7. The summed E-state index contributed by atoms with van der Waals surface area (Å²) in [5.41, 5.74) is 12.0. The smallest absolute Gasteiger partial charge is 0.258 e. The second kappa shape index (κ2) is 8.52. The summed E-state index contributed by atoms with van der Waals surface area (Å²) in [4.78, 5) is 7.40. The Kier molecular flexibility index (Phi) is 5.54. The molecule has 3 aliphatic rings. The molecule has 0 spiro atoms. The molecule has 4 heteroatoms. The lowest BCUT2D eigenvalue weighted by atomic mass is 9.34. The lowest BCUT2D eigenvalue weighted by molar-refractivity contribution is 0.402. The molecule has 1 aromatic heterocycles. The molecule has 0 atom stereocenters. The predicted molar refractivity (Wildman–Crippen MR) is 178 cm³/mol. The van der Waals surface area contributed by atoms with E-state index in [9.17, 15) is 0 Å². The molecule has 214 valence electrons. The van der Waals surface area contributed by atoms with Crippen LogP contribution in [0, 0.1) is 0 Å². The molecule has 3 aromatic carbocycles. The third-order valence-corrected chi connectivity index (χ3v) is 9.89. The number of anilines is 3. The third-order valence-electron chi connectivity index (χ3n) is 9.89. The Balaban J connectivity index is 1.50. The minimum absolute atomic E-state index is 0.0320. The SMILES string of the molecule is CC(C)(C)c1ccc(N2c3ccc(C(C)(C)C)cc3B3c4cc5c(cc4Oc4ccnc2c43)C(C)(C)CC5(C)C)cc1. The van der Waals surface area contributed by atoms with E-state index in [1.807, 2.05) is 6.20 Å². The highest BCUT2D eigenvalue weighted by atomic mass is 16.5. The van der Waals surface area contributed by atoms with Gasteiger partial charge in [-0.1, -0.05) is 99.6 Å². The number of hydrogen-bond donors (Lipinski definition) is 0. The number of hydrogen-bond acceptors (Lipinski definition) is 3. The van der Waals surface area contributed by atoms with E-state index in [2.05, 4.69) is 135 Å². The van der Waals surface area contributed by atoms with Gasteiger partial charge in [0.2, 0.25) is 0 Å². The highest BCUT2D eigenvalue weighted by molar-refractivity contribution is 6.99. The minimum Gasteiger partial charge on any atom is -0.458 e. The van der Waals surface area contributed by atoms with Crippen molar-refractivity contribution in [2.45, 2.75) is 97.3 Å². The summed E-state index contributed by atoms with van der Waals surface area (Å²) in [6, 6.07) is 23.0. The molecule has 3 heterocycles. The first kappa shape index (κ1) is 27.3. The van der Waals surface area contributed by atoms with Crippen LogP contribution in [0.4, 0.5) is 17.2 Å². The van der Waals surface area contributed by atoms with Crippen LogP contribution < -0.4 is 26.0 Å². The number of nitrogens with zero attached hydrogens (tertiary/aromatic N) is 2. The fourth-order valence-electron chi connectivity index (χ4n) is 7.85. The third kappa shape index (κ3) is 3.97. The van der Waals surface area contributed by atoms with Gasteiger partial charge in [-0.25, -0.2) is 4.98 Å². The van der Waals surface area contributed by atoms with Crippen LogP contribution in [0.2, 0.25) is 0 Å². The monoisotopic (exact) mass is 554 g/mol. The lowest BCUT2D eigenvalue weighted by Crippen LogP contribution is -2.60. The summed E-state index contributed by atoms with van der Waals surface area (Å²) < 4.78 is 6.80. The van der Waals surface area contributed by atoms with Gasteiger partial charge in [-0.2, -0.15) is 0 Å². The van der Waals surface area contributed by atoms with Crippen molar-refractivity contribution in [1.82, 2.24) is 4.98 Å².